The minimum Gasteiger partial charge on any atom is -1.00 e. The van der Waals surface area contributed by atoms with Crippen molar-refractivity contribution in [3.05, 3.63) is 101 Å². The molecule has 0 saturated carbocycles. The maximum absolute atomic E-state index is 12.7. The molecule has 0 atom stereocenters. The van der Waals surface area contributed by atoms with Crippen LogP contribution in [0.5, 0.6) is 5.75 Å². The SMILES string of the molecule is CCOc1ccc2c(c1)C(=O)C(=Cc1cc[n+](Cc3ccccc3)cc1)C2.[Br-]. The van der Waals surface area contributed by atoms with E-state index in [1.165, 1.54) is 5.56 Å². The van der Waals surface area contributed by atoms with Crippen LogP contribution in [0.2, 0.25) is 0 Å². The molecule has 4 rings (SSSR count). The smallest absolute Gasteiger partial charge is 0.189 e. The van der Waals surface area contributed by atoms with Gasteiger partial charge in [-0.3, -0.25) is 4.79 Å². The number of pyridine rings is 1. The van der Waals surface area contributed by atoms with Crippen molar-refractivity contribution in [1.29, 1.82) is 0 Å². The van der Waals surface area contributed by atoms with E-state index in [0.717, 1.165) is 34.6 Å². The number of carbonyl (C=O) groups excluding carboxylic acids is 1. The standard InChI is InChI=1S/C24H22NO2.BrH/c1-2-27-22-9-8-20-15-21(24(26)23(20)16-22)14-18-10-12-25(13-11-18)17-19-6-4-3-5-7-19;/h3-14,16H,2,15,17H2,1H3;1H/q+1;/p-1. The molecular formula is C24H22BrNO2. The second-order valence-electron chi connectivity index (χ2n) is 6.72. The number of fused-ring (bicyclic) bond motifs is 1. The average Bonchev–Trinajstić information content (AvgIpc) is 3.00. The molecule has 1 aliphatic carbocycles. The van der Waals surface area contributed by atoms with Crippen LogP contribution in [0.4, 0.5) is 0 Å². The molecule has 1 aromatic heterocycles. The zero-order valence-corrected chi connectivity index (χ0v) is 17.4. The van der Waals surface area contributed by atoms with Crippen LogP contribution in [0, 0.1) is 0 Å². The molecule has 0 amide bonds. The number of halogens is 1. The van der Waals surface area contributed by atoms with E-state index < -0.39 is 0 Å². The van der Waals surface area contributed by atoms with Gasteiger partial charge in [0.25, 0.3) is 0 Å². The number of hydrogen-bond donors (Lipinski definition) is 0. The van der Waals surface area contributed by atoms with Gasteiger partial charge in [0.2, 0.25) is 0 Å². The van der Waals surface area contributed by atoms with Crippen LogP contribution in [0.3, 0.4) is 0 Å². The van der Waals surface area contributed by atoms with E-state index in [9.17, 15) is 4.79 Å². The summed E-state index contributed by atoms with van der Waals surface area (Å²) in [5.41, 5.74) is 4.98. The number of allylic oxidation sites excluding steroid dienone is 1. The summed E-state index contributed by atoms with van der Waals surface area (Å²) in [6, 6.07) is 20.3. The summed E-state index contributed by atoms with van der Waals surface area (Å²) < 4.78 is 7.66. The zero-order chi connectivity index (χ0) is 18.6. The Morgan fingerprint density at radius 1 is 1.04 bits per heavy atom. The molecule has 2 aromatic carbocycles. The van der Waals surface area contributed by atoms with Crippen LogP contribution in [0.15, 0.2) is 78.6 Å². The molecule has 1 heterocycles. The molecule has 0 unspecified atom stereocenters. The number of rotatable bonds is 5. The van der Waals surface area contributed by atoms with Crippen molar-refractivity contribution in [2.75, 3.05) is 6.61 Å². The molecule has 0 aliphatic heterocycles. The van der Waals surface area contributed by atoms with Crippen LogP contribution in [-0.2, 0) is 13.0 Å². The van der Waals surface area contributed by atoms with E-state index in [2.05, 4.69) is 53.4 Å². The number of carbonyl (C=O) groups is 1. The molecule has 0 saturated heterocycles. The van der Waals surface area contributed by atoms with Crippen molar-refractivity contribution in [2.24, 2.45) is 0 Å². The Bertz CT molecular complexity index is 995. The van der Waals surface area contributed by atoms with E-state index in [1.54, 1.807) is 0 Å². The molecule has 0 radical (unpaired) electrons. The number of ketones is 1. The third-order valence-electron chi connectivity index (χ3n) is 4.78. The van der Waals surface area contributed by atoms with Crippen molar-refractivity contribution in [3.63, 3.8) is 0 Å². The topological polar surface area (TPSA) is 30.2 Å². The number of Topliss-reactive ketones (excluding diaryl/α,β-unsaturated/α-hetero) is 1. The lowest BCUT2D eigenvalue weighted by atomic mass is 10.1. The van der Waals surface area contributed by atoms with Gasteiger partial charge in [-0.2, -0.15) is 0 Å². The van der Waals surface area contributed by atoms with Crippen molar-refractivity contribution >= 4 is 11.9 Å². The number of benzene rings is 2. The summed E-state index contributed by atoms with van der Waals surface area (Å²) in [6.07, 6.45) is 6.79. The Hall–Kier alpha value is -2.72. The highest BCUT2D eigenvalue weighted by molar-refractivity contribution is 6.15. The Morgan fingerprint density at radius 2 is 1.79 bits per heavy atom. The largest absolute Gasteiger partial charge is 1.00 e. The monoisotopic (exact) mass is 435 g/mol. The van der Waals surface area contributed by atoms with Gasteiger partial charge < -0.3 is 21.7 Å². The fourth-order valence-corrected chi connectivity index (χ4v) is 3.42. The highest BCUT2D eigenvalue weighted by atomic mass is 79.9. The number of hydrogen-bond acceptors (Lipinski definition) is 2. The fourth-order valence-electron chi connectivity index (χ4n) is 3.42. The zero-order valence-electron chi connectivity index (χ0n) is 15.8. The molecule has 142 valence electrons. The molecule has 0 spiro atoms. The summed E-state index contributed by atoms with van der Waals surface area (Å²) in [6.45, 7) is 3.38. The van der Waals surface area contributed by atoms with Crippen molar-refractivity contribution < 1.29 is 31.1 Å². The van der Waals surface area contributed by atoms with Gasteiger partial charge in [-0.15, -0.1) is 0 Å². The second kappa shape index (κ2) is 8.98. The van der Waals surface area contributed by atoms with Crippen molar-refractivity contribution in [3.8, 4) is 5.75 Å². The molecular weight excluding hydrogens is 414 g/mol. The lowest BCUT2D eigenvalue weighted by Crippen LogP contribution is -3.00. The van der Waals surface area contributed by atoms with E-state index in [-0.39, 0.29) is 22.8 Å². The predicted octanol–water partition coefficient (Wildman–Crippen LogP) is 1.25. The normalized spacial score (nSPS) is 13.9. The van der Waals surface area contributed by atoms with Crippen LogP contribution in [0.25, 0.3) is 6.08 Å². The van der Waals surface area contributed by atoms with Crippen LogP contribution in [0.1, 0.15) is 34.0 Å². The third kappa shape index (κ3) is 4.39. The Balaban J connectivity index is 0.00000225. The molecule has 3 nitrogen and oxygen atoms in total. The van der Waals surface area contributed by atoms with Gasteiger partial charge in [-0.05, 0) is 36.3 Å². The van der Waals surface area contributed by atoms with Gasteiger partial charge >= 0.3 is 0 Å². The molecule has 1 aliphatic rings. The van der Waals surface area contributed by atoms with Gasteiger partial charge in [-0.1, -0.05) is 36.4 Å². The maximum Gasteiger partial charge on any atom is 0.189 e. The van der Waals surface area contributed by atoms with Gasteiger partial charge in [0.05, 0.1) is 6.61 Å². The fraction of sp³-hybridized carbons (Fsp3) is 0.167. The van der Waals surface area contributed by atoms with Crippen LogP contribution >= 0.6 is 0 Å². The Labute approximate surface area is 176 Å². The highest BCUT2D eigenvalue weighted by Gasteiger charge is 2.25. The predicted molar refractivity (Wildman–Crippen MR) is 106 cm³/mol. The van der Waals surface area contributed by atoms with Crippen LogP contribution < -0.4 is 26.3 Å². The summed E-state index contributed by atoms with van der Waals surface area (Å²) in [5.74, 6) is 0.861. The average molecular weight is 436 g/mol. The van der Waals surface area contributed by atoms with E-state index in [1.807, 2.05) is 37.3 Å². The van der Waals surface area contributed by atoms with Gasteiger partial charge in [0, 0.05) is 35.3 Å². The lowest BCUT2D eigenvalue weighted by molar-refractivity contribution is -0.688. The first-order valence-corrected chi connectivity index (χ1v) is 9.27. The van der Waals surface area contributed by atoms with E-state index in [0.29, 0.717) is 13.0 Å². The molecule has 0 fully saturated rings. The molecule has 0 N–H and O–H groups in total. The van der Waals surface area contributed by atoms with Crippen molar-refractivity contribution in [1.82, 2.24) is 0 Å². The van der Waals surface area contributed by atoms with Gasteiger partial charge in [0.1, 0.15) is 5.75 Å². The second-order valence-corrected chi connectivity index (χ2v) is 6.72. The maximum atomic E-state index is 12.7. The first kappa shape index (κ1) is 20.0. The van der Waals surface area contributed by atoms with Crippen molar-refractivity contribution in [2.45, 2.75) is 19.9 Å². The number of ether oxygens (including phenoxy) is 1. The first-order chi connectivity index (χ1) is 13.2. The molecule has 3 aromatic rings. The molecule has 4 heteroatoms. The summed E-state index contributed by atoms with van der Waals surface area (Å²) in [4.78, 5) is 12.7. The van der Waals surface area contributed by atoms with E-state index in [4.69, 9.17) is 4.74 Å². The number of aromatic nitrogens is 1. The summed E-state index contributed by atoms with van der Waals surface area (Å²) in [5, 5.41) is 0. The third-order valence-corrected chi connectivity index (χ3v) is 4.78. The lowest BCUT2D eigenvalue weighted by Gasteiger charge is -2.04. The minimum atomic E-state index is 0. The number of nitrogens with zero attached hydrogens (tertiary/aromatic N) is 1. The molecule has 0 bridgehead atoms. The minimum absolute atomic E-state index is 0. The van der Waals surface area contributed by atoms with Gasteiger partial charge in [0.15, 0.2) is 24.7 Å². The summed E-state index contributed by atoms with van der Waals surface area (Å²) in [7, 11) is 0. The Morgan fingerprint density at radius 3 is 2.50 bits per heavy atom. The molecule has 28 heavy (non-hydrogen) atoms. The Kier molecular flexibility index (Phi) is 6.42. The van der Waals surface area contributed by atoms with Crippen LogP contribution in [-0.4, -0.2) is 12.4 Å². The highest BCUT2D eigenvalue weighted by Crippen LogP contribution is 2.30. The van der Waals surface area contributed by atoms with E-state index >= 15 is 0 Å². The summed E-state index contributed by atoms with van der Waals surface area (Å²) >= 11 is 0. The first-order valence-electron chi connectivity index (χ1n) is 9.27. The van der Waals surface area contributed by atoms with Gasteiger partial charge in [-0.25, -0.2) is 4.57 Å². The quantitative estimate of drug-likeness (QED) is 0.445.